The van der Waals surface area contributed by atoms with Gasteiger partial charge in [-0.05, 0) is 43.6 Å². The van der Waals surface area contributed by atoms with Crippen LogP contribution in [0.1, 0.15) is 35.2 Å². The van der Waals surface area contributed by atoms with Crippen LogP contribution in [0.5, 0.6) is 0 Å². The van der Waals surface area contributed by atoms with Crippen molar-refractivity contribution in [1.82, 2.24) is 14.4 Å². The van der Waals surface area contributed by atoms with Gasteiger partial charge >= 0.3 is 6.18 Å². The molecule has 0 unspecified atom stereocenters. The highest BCUT2D eigenvalue weighted by Gasteiger charge is 2.40. The lowest BCUT2D eigenvalue weighted by molar-refractivity contribution is -0.127. The molecule has 1 saturated heterocycles. The van der Waals surface area contributed by atoms with E-state index in [0.29, 0.717) is 23.9 Å². The van der Waals surface area contributed by atoms with E-state index in [1.807, 2.05) is 24.7 Å². The quantitative estimate of drug-likeness (QED) is 0.740. The number of likely N-dealkylation sites (N-methyl/N-ethyl adjacent to an activating group) is 1. The van der Waals surface area contributed by atoms with Crippen molar-refractivity contribution in [3.63, 3.8) is 0 Å². The lowest BCUT2D eigenvalue weighted by Crippen LogP contribution is -2.51. The Kier molecular flexibility index (Phi) is 5.77. The first-order chi connectivity index (χ1) is 14.2. The molecule has 2 aromatic rings. The van der Waals surface area contributed by atoms with Crippen molar-refractivity contribution in [2.24, 2.45) is 5.92 Å². The van der Waals surface area contributed by atoms with E-state index < -0.39 is 12.6 Å². The average molecular weight is 419 g/mol. The minimum absolute atomic E-state index is 0.0720. The molecule has 4 nitrogen and oxygen atoms in total. The van der Waals surface area contributed by atoms with Crippen LogP contribution in [-0.4, -0.2) is 54.3 Å². The fraction of sp³-hybridized carbons (Fsp3) is 0.522. The predicted octanol–water partition coefficient (Wildman–Crippen LogP) is 3.68. The number of pyridine rings is 1. The topological polar surface area (TPSA) is 28.5 Å². The molecule has 2 bridgehead atoms. The first-order valence-electron chi connectivity index (χ1n) is 10.4. The Bertz CT molecular complexity index is 936. The molecular weight excluding hydrogens is 391 g/mol. The number of halogens is 3. The fourth-order valence-corrected chi connectivity index (χ4v) is 5.13. The SMILES string of the molecule is CN(C)C[C@H]1[C@H]2C[C@H](CN(Cc3ccc(CC(F)(F)F)cc3)C2)c2cccc(=O)n21. The molecular formula is C23H28F3N3O. The number of piperidine rings is 1. The Hall–Kier alpha value is -2.12. The number of rotatable bonds is 5. The van der Waals surface area contributed by atoms with E-state index >= 15 is 0 Å². The van der Waals surface area contributed by atoms with Crippen LogP contribution in [0.15, 0.2) is 47.3 Å². The summed E-state index contributed by atoms with van der Waals surface area (Å²) in [5.74, 6) is 0.684. The number of hydrogen-bond donors (Lipinski definition) is 0. The van der Waals surface area contributed by atoms with Gasteiger partial charge in [0.15, 0.2) is 0 Å². The van der Waals surface area contributed by atoms with Gasteiger partial charge in [0.05, 0.1) is 12.5 Å². The van der Waals surface area contributed by atoms with Crippen LogP contribution in [0.25, 0.3) is 0 Å². The van der Waals surface area contributed by atoms with Gasteiger partial charge in [0.25, 0.3) is 5.56 Å². The van der Waals surface area contributed by atoms with E-state index in [2.05, 4.69) is 15.9 Å². The van der Waals surface area contributed by atoms with Crippen LogP contribution in [0.4, 0.5) is 13.2 Å². The Morgan fingerprint density at radius 2 is 1.73 bits per heavy atom. The number of likely N-dealkylation sites (tertiary alicyclic amines) is 1. The molecule has 162 valence electrons. The minimum atomic E-state index is -4.18. The molecule has 0 spiro atoms. The molecule has 4 rings (SSSR count). The lowest BCUT2D eigenvalue weighted by Gasteiger charge is -2.47. The summed E-state index contributed by atoms with van der Waals surface area (Å²) >= 11 is 0. The molecule has 0 radical (unpaired) electrons. The standard InChI is InChI=1S/C23H28F3N3O/c1-27(2)15-21-19-10-18(20-4-3-5-22(30)29(20)21)13-28(14-19)12-17-8-6-16(7-9-17)11-23(24,25)26/h3-9,18-19,21H,10-15H2,1-2H3/t18-,19+,21+/m1/s1. The molecule has 7 heteroatoms. The molecule has 2 aliphatic heterocycles. The molecule has 3 atom stereocenters. The Morgan fingerprint density at radius 3 is 2.40 bits per heavy atom. The number of alkyl halides is 3. The summed E-state index contributed by atoms with van der Waals surface area (Å²) in [6.07, 6.45) is -4.00. The Labute approximate surface area is 174 Å². The first kappa shape index (κ1) is 21.1. The third kappa shape index (κ3) is 4.62. The van der Waals surface area contributed by atoms with Gasteiger partial charge in [0.2, 0.25) is 0 Å². The first-order valence-corrected chi connectivity index (χ1v) is 10.4. The second-order valence-electron chi connectivity index (χ2n) is 8.98. The molecule has 0 N–H and O–H groups in total. The largest absolute Gasteiger partial charge is 0.393 e. The Morgan fingerprint density at radius 1 is 1.03 bits per heavy atom. The van der Waals surface area contributed by atoms with E-state index in [1.54, 1.807) is 30.3 Å². The lowest BCUT2D eigenvalue weighted by atomic mass is 9.78. The van der Waals surface area contributed by atoms with Gasteiger partial charge < -0.3 is 9.47 Å². The van der Waals surface area contributed by atoms with Crippen LogP contribution >= 0.6 is 0 Å². The highest BCUT2D eigenvalue weighted by molar-refractivity contribution is 5.24. The van der Waals surface area contributed by atoms with Crippen LogP contribution in [0, 0.1) is 5.92 Å². The molecule has 0 aliphatic carbocycles. The van der Waals surface area contributed by atoms with E-state index in [9.17, 15) is 18.0 Å². The number of aromatic nitrogens is 1. The summed E-state index contributed by atoms with van der Waals surface area (Å²) in [5, 5.41) is 0. The Balaban J connectivity index is 1.53. The number of benzene rings is 1. The highest BCUT2D eigenvalue weighted by Crippen LogP contribution is 2.41. The van der Waals surface area contributed by atoms with Gasteiger partial charge in [0, 0.05) is 43.9 Å². The predicted molar refractivity (Wildman–Crippen MR) is 111 cm³/mol. The second-order valence-corrected chi connectivity index (χ2v) is 8.98. The van der Waals surface area contributed by atoms with Gasteiger partial charge in [-0.2, -0.15) is 13.2 Å². The fourth-order valence-electron chi connectivity index (χ4n) is 5.13. The zero-order chi connectivity index (χ0) is 21.5. The normalized spacial score (nSPS) is 24.1. The molecule has 30 heavy (non-hydrogen) atoms. The molecule has 1 aromatic carbocycles. The van der Waals surface area contributed by atoms with Crippen molar-refractivity contribution in [1.29, 1.82) is 0 Å². The maximum Gasteiger partial charge on any atom is 0.393 e. The third-order valence-corrected chi connectivity index (χ3v) is 6.26. The van der Waals surface area contributed by atoms with Crippen molar-refractivity contribution in [2.75, 3.05) is 33.7 Å². The third-order valence-electron chi connectivity index (χ3n) is 6.26. The van der Waals surface area contributed by atoms with Gasteiger partial charge in [-0.1, -0.05) is 30.3 Å². The second kappa shape index (κ2) is 8.19. The van der Waals surface area contributed by atoms with Crippen LogP contribution in [0.2, 0.25) is 0 Å². The molecule has 1 aromatic heterocycles. The van der Waals surface area contributed by atoms with Crippen molar-refractivity contribution in [2.45, 2.75) is 37.5 Å². The molecule has 0 amide bonds. The molecule has 2 aliphatic rings. The van der Waals surface area contributed by atoms with E-state index in [4.69, 9.17) is 0 Å². The van der Waals surface area contributed by atoms with E-state index in [0.717, 1.165) is 37.3 Å². The monoisotopic (exact) mass is 419 g/mol. The maximum absolute atomic E-state index is 12.6. The summed E-state index contributed by atoms with van der Waals surface area (Å²) in [6, 6.07) is 12.5. The average Bonchev–Trinajstić information content (AvgIpc) is 2.65. The van der Waals surface area contributed by atoms with Crippen molar-refractivity contribution in [3.05, 3.63) is 69.6 Å². The maximum atomic E-state index is 12.6. The van der Waals surface area contributed by atoms with Gasteiger partial charge in [-0.15, -0.1) is 0 Å². The number of nitrogens with zero attached hydrogens (tertiary/aromatic N) is 3. The van der Waals surface area contributed by atoms with Gasteiger partial charge in [-0.3, -0.25) is 9.69 Å². The highest BCUT2D eigenvalue weighted by atomic mass is 19.4. The van der Waals surface area contributed by atoms with E-state index in [1.165, 1.54) is 0 Å². The minimum Gasteiger partial charge on any atom is -0.308 e. The van der Waals surface area contributed by atoms with Crippen molar-refractivity contribution < 1.29 is 13.2 Å². The van der Waals surface area contributed by atoms with E-state index in [-0.39, 0.29) is 11.6 Å². The summed E-state index contributed by atoms with van der Waals surface area (Å²) in [6.45, 7) is 3.28. The summed E-state index contributed by atoms with van der Waals surface area (Å²) in [5.41, 5.74) is 2.50. The van der Waals surface area contributed by atoms with Crippen molar-refractivity contribution >= 4 is 0 Å². The smallest absolute Gasteiger partial charge is 0.308 e. The van der Waals surface area contributed by atoms with Crippen LogP contribution in [0.3, 0.4) is 0 Å². The molecule has 0 saturated carbocycles. The zero-order valence-corrected chi connectivity index (χ0v) is 17.4. The summed E-state index contributed by atoms with van der Waals surface area (Å²) in [4.78, 5) is 17.2. The van der Waals surface area contributed by atoms with Crippen LogP contribution in [-0.2, 0) is 13.0 Å². The summed E-state index contributed by atoms with van der Waals surface area (Å²) in [7, 11) is 4.06. The van der Waals surface area contributed by atoms with Crippen LogP contribution < -0.4 is 5.56 Å². The number of hydrogen-bond acceptors (Lipinski definition) is 3. The summed E-state index contributed by atoms with van der Waals surface area (Å²) < 4.78 is 39.8. The zero-order valence-electron chi connectivity index (χ0n) is 17.4. The molecule has 1 fully saturated rings. The molecule has 3 heterocycles. The van der Waals surface area contributed by atoms with Gasteiger partial charge in [-0.25, -0.2) is 0 Å². The van der Waals surface area contributed by atoms with Crippen molar-refractivity contribution in [3.8, 4) is 0 Å². The van der Waals surface area contributed by atoms with Gasteiger partial charge in [0.1, 0.15) is 0 Å². The number of fused-ring (bicyclic) bond motifs is 4.